The van der Waals surface area contributed by atoms with Gasteiger partial charge in [0.05, 0.1) is 30.8 Å². The summed E-state index contributed by atoms with van der Waals surface area (Å²) in [6.07, 6.45) is 6.53. The molecule has 0 radical (unpaired) electrons. The average Bonchev–Trinajstić information content (AvgIpc) is 2.88. The number of carbonyl (C=O) groups excluding carboxylic acids is 1. The zero-order chi connectivity index (χ0) is 30.2. The van der Waals surface area contributed by atoms with Gasteiger partial charge in [-0.05, 0) is 51.9 Å². The van der Waals surface area contributed by atoms with Crippen molar-refractivity contribution >= 4 is 5.97 Å². The molecule has 41 heavy (non-hydrogen) atoms. The summed E-state index contributed by atoms with van der Waals surface area (Å²) in [5.74, 6) is -2.47. The highest BCUT2D eigenvalue weighted by Crippen LogP contribution is 2.38. The van der Waals surface area contributed by atoms with Crippen molar-refractivity contribution in [3.8, 4) is 0 Å². The molecule has 0 amide bonds. The monoisotopic (exact) mass is 584 g/mol. The van der Waals surface area contributed by atoms with E-state index in [4.69, 9.17) is 28.4 Å². The third-order valence-corrected chi connectivity index (χ3v) is 8.56. The highest BCUT2D eigenvalue weighted by atomic mass is 16.7. The molecular formula is C31H52O10. The Bertz CT molecular complexity index is 879. The zero-order valence-corrected chi connectivity index (χ0v) is 25.6. The highest BCUT2D eigenvalue weighted by molar-refractivity contribution is 5.71. The van der Waals surface area contributed by atoms with Crippen LogP contribution in [0.3, 0.4) is 0 Å². The van der Waals surface area contributed by atoms with Gasteiger partial charge in [-0.2, -0.15) is 0 Å². The van der Waals surface area contributed by atoms with E-state index in [1.165, 1.54) is 14.2 Å². The number of hydrogen-bond donors (Lipinski definition) is 3. The maximum atomic E-state index is 13.2. The Morgan fingerprint density at radius 1 is 1.05 bits per heavy atom. The van der Waals surface area contributed by atoms with E-state index in [0.29, 0.717) is 38.5 Å². The van der Waals surface area contributed by atoms with Gasteiger partial charge < -0.3 is 43.7 Å². The van der Waals surface area contributed by atoms with Gasteiger partial charge in [-0.1, -0.05) is 38.2 Å². The Balaban J connectivity index is 1.75. The first-order valence-electron chi connectivity index (χ1n) is 15.1. The number of esters is 1. The minimum absolute atomic E-state index is 0.0223. The fraction of sp³-hybridized carbons (Fsp3) is 0.839. The summed E-state index contributed by atoms with van der Waals surface area (Å²) in [5.41, 5.74) is -0.908. The van der Waals surface area contributed by atoms with Crippen LogP contribution < -0.4 is 0 Å². The molecule has 10 nitrogen and oxygen atoms in total. The molecule has 3 N–H and O–H groups in total. The second-order valence-corrected chi connectivity index (χ2v) is 12.2. The normalized spacial score (nSPS) is 43.0. The van der Waals surface area contributed by atoms with E-state index in [-0.39, 0.29) is 18.8 Å². The van der Waals surface area contributed by atoms with Crippen LogP contribution in [0.15, 0.2) is 24.3 Å². The molecule has 2 unspecified atom stereocenters. The van der Waals surface area contributed by atoms with E-state index in [1.807, 2.05) is 32.1 Å². The first kappa shape index (κ1) is 34.1. The van der Waals surface area contributed by atoms with Crippen LogP contribution in [-0.4, -0.2) is 95.9 Å². The van der Waals surface area contributed by atoms with Gasteiger partial charge in [-0.3, -0.25) is 4.79 Å². The maximum absolute atomic E-state index is 13.2. The summed E-state index contributed by atoms with van der Waals surface area (Å²) in [7, 11) is 2.97. The Kier molecular flexibility index (Phi) is 12.8. The number of rotatable bonds is 9. The summed E-state index contributed by atoms with van der Waals surface area (Å²) >= 11 is 0. The molecule has 2 bridgehead atoms. The standard InChI is InChI=1S/C31H52O10/c1-7-8-9-10-11-12-15-30(4)18-24(32)20(2)13-14-22-16-23(17-31(35,40-22)19-25(33)41-30)39-29-28(37-6)26(34)27(36-5)21(3)38-29/h8-11,20-24,26-29,32,34-35H,7,12-19H2,1-6H3/b9-8+,11-10+/t20-,21+,22+,23-,24+,26-,27+,28-,29?,30?,31+/m1/s1. The lowest BCUT2D eigenvalue weighted by Gasteiger charge is -2.46. The Hall–Kier alpha value is -1.37. The molecule has 0 aliphatic carbocycles. The molecule has 3 aliphatic rings. The minimum atomic E-state index is -1.80. The number of aliphatic hydroxyl groups is 3. The molecular weight excluding hydrogens is 532 g/mol. The van der Waals surface area contributed by atoms with E-state index in [9.17, 15) is 20.1 Å². The number of hydrogen-bond acceptors (Lipinski definition) is 10. The van der Waals surface area contributed by atoms with E-state index in [0.717, 1.165) is 6.42 Å². The maximum Gasteiger partial charge on any atom is 0.311 e. The number of fused-ring (bicyclic) bond motifs is 2. The van der Waals surface area contributed by atoms with Crippen LogP contribution in [0.2, 0.25) is 0 Å². The number of allylic oxidation sites excluding steroid dienone is 4. The summed E-state index contributed by atoms with van der Waals surface area (Å²) < 4.78 is 35.3. The van der Waals surface area contributed by atoms with Gasteiger partial charge >= 0.3 is 5.97 Å². The van der Waals surface area contributed by atoms with Crippen LogP contribution in [0.5, 0.6) is 0 Å². The molecule has 0 aromatic rings. The van der Waals surface area contributed by atoms with Crippen molar-refractivity contribution in [1.29, 1.82) is 0 Å². The number of carbonyl (C=O) groups is 1. The molecule has 0 spiro atoms. The molecule has 3 saturated heterocycles. The average molecular weight is 585 g/mol. The van der Waals surface area contributed by atoms with Gasteiger partial charge in [0.25, 0.3) is 0 Å². The van der Waals surface area contributed by atoms with E-state index < -0.39 is 66.4 Å². The molecule has 3 aliphatic heterocycles. The summed E-state index contributed by atoms with van der Waals surface area (Å²) in [5, 5.41) is 33.4. The Labute approximate surface area is 245 Å². The number of methoxy groups -OCH3 is 2. The zero-order valence-electron chi connectivity index (χ0n) is 25.6. The Morgan fingerprint density at radius 2 is 1.76 bits per heavy atom. The summed E-state index contributed by atoms with van der Waals surface area (Å²) in [6, 6.07) is 0. The fourth-order valence-corrected chi connectivity index (χ4v) is 6.20. The van der Waals surface area contributed by atoms with Crippen LogP contribution in [-0.2, 0) is 33.2 Å². The molecule has 3 fully saturated rings. The van der Waals surface area contributed by atoms with Gasteiger partial charge in [-0.15, -0.1) is 0 Å². The van der Waals surface area contributed by atoms with E-state index in [1.54, 1.807) is 6.92 Å². The van der Waals surface area contributed by atoms with Crippen molar-refractivity contribution in [3.05, 3.63) is 24.3 Å². The van der Waals surface area contributed by atoms with E-state index >= 15 is 0 Å². The van der Waals surface area contributed by atoms with Crippen molar-refractivity contribution in [2.45, 2.75) is 146 Å². The van der Waals surface area contributed by atoms with Crippen molar-refractivity contribution in [2.24, 2.45) is 5.92 Å². The van der Waals surface area contributed by atoms with Crippen LogP contribution in [0.1, 0.15) is 85.5 Å². The van der Waals surface area contributed by atoms with Gasteiger partial charge in [-0.25, -0.2) is 0 Å². The quantitative estimate of drug-likeness (QED) is 0.273. The van der Waals surface area contributed by atoms with Crippen LogP contribution in [0.25, 0.3) is 0 Å². The molecule has 0 aromatic heterocycles. The van der Waals surface area contributed by atoms with Crippen molar-refractivity contribution in [3.63, 3.8) is 0 Å². The first-order chi connectivity index (χ1) is 19.4. The number of aliphatic hydroxyl groups excluding tert-OH is 2. The topological polar surface area (TPSA) is 133 Å². The molecule has 3 heterocycles. The molecule has 11 atom stereocenters. The van der Waals surface area contributed by atoms with Crippen molar-refractivity contribution in [1.82, 2.24) is 0 Å². The predicted molar refractivity (Wildman–Crippen MR) is 152 cm³/mol. The van der Waals surface area contributed by atoms with Gasteiger partial charge in [0, 0.05) is 33.5 Å². The SMILES string of the molecule is CC/C=C/C=C/CCC1(C)C[C@H](O)[C@H](C)CC[C@H]2C[C@@H](OC3O[C@@H](C)[C@H](OC)[C@@H](O)[C@H]3OC)C[C@@](O)(CC(=O)O1)O2. The van der Waals surface area contributed by atoms with Gasteiger partial charge in [0.2, 0.25) is 0 Å². The Morgan fingerprint density at radius 3 is 2.44 bits per heavy atom. The third kappa shape index (κ3) is 9.56. The predicted octanol–water partition coefficient (Wildman–Crippen LogP) is 3.55. The lowest BCUT2D eigenvalue weighted by molar-refractivity contribution is -0.337. The second-order valence-electron chi connectivity index (χ2n) is 12.2. The van der Waals surface area contributed by atoms with Gasteiger partial charge in [0.1, 0.15) is 23.9 Å². The van der Waals surface area contributed by atoms with Crippen LogP contribution >= 0.6 is 0 Å². The summed E-state index contributed by atoms with van der Waals surface area (Å²) in [4.78, 5) is 13.2. The highest BCUT2D eigenvalue weighted by Gasteiger charge is 2.49. The number of cyclic esters (lactones) is 1. The van der Waals surface area contributed by atoms with Crippen molar-refractivity contribution < 1.29 is 48.5 Å². The molecule has 0 saturated carbocycles. The lowest BCUT2D eigenvalue weighted by Crippen LogP contribution is -2.60. The molecule has 0 aromatic carbocycles. The van der Waals surface area contributed by atoms with Crippen molar-refractivity contribution in [2.75, 3.05) is 14.2 Å². The van der Waals surface area contributed by atoms with Crippen LogP contribution in [0.4, 0.5) is 0 Å². The van der Waals surface area contributed by atoms with Crippen LogP contribution in [0, 0.1) is 5.92 Å². The largest absolute Gasteiger partial charge is 0.459 e. The fourth-order valence-electron chi connectivity index (χ4n) is 6.20. The van der Waals surface area contributed by atoms with Gasteiger partial charge in [0.15, 0.2) is 12.1 Å². The van der Waals surface area contributed by atoms with E-state index in [2.05, 4.69) is 13.0 Å². The molecule has 3 rings (SSSR count). The molecule has 236 valence electrons. The summed E-state index contributed by atoms with van der Waals surface area (Å²) in [6.45, 7) is 7.68. The smallest absolute Gasteiger partial charge is 0.311 e. The minimum Gasteiger partial charge on any atom is -0.459 e. The molecule has 10 heteroatoms. The first-order valence-corrected chi connectivity index (χ1v) is 15.1. The third-order valence-electron chi connectivity index (χ3n) is 8.56. The number of ether oxygens (including phenoxy) is 6. The second kappa shape index (κ2) is 15.4. The lowest BCUT2D eigenvalue weighted by atomic mass is 9.84.